The first-order valence-electron chi connectivity index (χ1n) is 13.0. The van der Waals surface area contributed by atoms with Crippen LogP contribution in [0.5, 0.6) is 0 Å². The first kappa shape index (κ1) is 26.5. The van der Waals surface area contributed by atoms with Crippen LogP contribution in [0.4, 0.5) is 20.4 Å². The monoisotopic (exact) mass is 563 g/mol. The highest BCUT2D eigenvalue weighted by molar-refractivity contribution is 5.94. The van der Waals surface area contributed by atoms with E-state index in [1.165, 1.54) is 23.2 Å². The zero-order valence-electron chi connectivity index (χ0n) is 22.0. The minimum atomic E-state index is -1.02. The lowest BCUT2D eigenvalue weighted by Crippen LogP contribution is -2.33. The highest BCUT2D eigenvalue weighted by atomic mass is 19.2. The lowest BCUT2D eigenvalue weighted by Gasteiger charge is -2.10. The van der Waals surface area contributed by atoms with Crippen LogP contribution in [-0.2, 0) is 13.1 Å². The van der Waals surface area contributed by atoms with E-state index in [1.807, 2.05) is 60.8 Å². The quantitative estimate of drug-likeness (QED) is 0.235. The van der Waals surface area contributed by atoms with Crippen LogP contribution in [-0.4, -0.2) is 30.4 Å². The minimum Gasteiger partial charge on any atom is -0.348 e. The van der Waals surface area contributed by atoms with Crippen molar-refractivity contribution >= 4 is 28.6 Å². The molecule has 1 amide bonds. The molecule has 0 aliphatic rings. The minimum absolute atomic E-state index is 0.0651. The molecule has 6 rings (SSSR count). The summed E-state index contributed by atoms with van der Waals surface area (Å²) in [5, 5.41) is 6.78. The number of amides is 1. The molecule has 6 aromatic rings. The Morgan fingerprint density at radius 2 is 1.79 bits per heavy atom. The second kappa shape index (κ2) is 11.4. The lowest BCUT2D eigenvalue weighted by atomic mass is 10.0. The molecule has 3 aromatic carbocycles. The molecule has 42 heavy (non-hydrogen) atoms. The Morgan fingerprint density at radius 1 is 0.929 bits per heavy atom. The smallest absolute Gasteiger partial charge is 0.266 e. The SMILES string of the molecule is O=C(NCc1cccc(-c2c[nH]c3nc(Nc4ccccc4)ncc23)c1)c1cncn(Cc2ccc(F)c(F)c2)c1=O. The van der Waals surface area contributed by atoms with Crippen molar-refractivity contribution in [3.05, 3.63) is 136 Å². The molecule has 0 aliphatic carbocycles. The van der Waals surface area contributed by atoms with Crippen molar-refractivity contribution in [1.29, 1.82) is 0 Å². The number of aromatic nitrogens is 5. The summed E-state index contributed by atoms with van der Waals surface area (Å²) < 4.78 is 28.0. The van der Waals surface area contributed by atoms with E-state index >= 15 is 0 Å². The second-order valence-electron chi connectivity index (χ2n) is 9.52. The number of anilines is 2. The van der Waals surface area contributed by atoms with Gasteiger partial charge in [0.05, 0.1) is 12.9 Å². The van der Waals surface area contributed by atoms with Crippen molar-refractivity contribution in [2.45, 2.75) is 13.1 Å². The lowest BCUT2D eigenvalue weighted by molar-refractivity contribution is 0.0948. The number of benzene rings is 3. The van der Waals surface area contributed by atoms with Crippen molar-refractivity contribution in [1.82, 2.24) is 29.8 Å². The maximum Gasteiger partial charge on any atom is 0.266 e. The fourth-order valence-electron chi connectivity index (χ4n) is 4.54. The summed E-state index contributed by atoms with van der Waals surface area (Å²) in [7, 11) is 0. The standard InChI is InChI=1S/C31H23F2N7O2/c32-26-10-9-20(12-27(26)33)17-40-18-34-14-25(30(40)42)29(41)36-13-19-5-4-6-21(11-19)23-15-35-28-24(23)16-37-31(39-28)38-22-7-2-1-3-8-22/h1-12,14-16,18H,13,17H2,(H,36,41)(H2,35,37,38,39). The number of nitrogens with one attached hydrogen (secondary N) is 3. The van der Waals surface area contributed by atoms with E-state index in [0.717, 1.165) is 39.9 Å². The van der Waals surface area contributed by atoms with Gasteiger partial charge < -0.3 is 15.6 Å². The molecule has 3 N–H and O–H groups in total. The number of fused-ring (bicyclic) bond motifs is 1. The average Bonchev–Trinajstić information content (AvgIpc) is 3.43. The number of para-hydroxylation sites is 1. The highest BCUT2D eigenvalue weighted by Crippen LogP contribution is 2.29. The van der Waals surface area contributed by atoms with E-state index < -0.39 is 23.1 Å². The number of hydrogen-bond donors (Lipinski definition) is 3. The van der Waals surface area contributed by atoms with Gasteiger partial charge in [-0.1, -0.05) is 42.5 Å². The van der Waals surface area contributed by atoms with Gasteiger partial charge in [0.15, 0.2) is 11.6 Å². The van der Waals surface area contributed by atoms with E-state index in [0.29, 0.717) is 17.2 Å². The largest absolute Gasteiger partial charge is 0.348 e. The van der Waals surface area contributed by atoms with Crippen LogP contribution < -0.4 is 16.2 Å². The summed E-state index contributed by atoms with van der Waals surface area (Å²) in [5.41, 5.74) is 3.77. The molecular formula is C31H23F2N7O2. The molecule has 0 bridgehead atoms. The Bertz CT molecular complexity index is 1970. The second-order valence-corrected chi connectivity index (χ2v) is 9.52. The zero-order valence-corrected chi connectivity index (χ0v) is 22.0. The van der Waals surface area contributed by atoms with Gasteiger partial charge in [-0.25, -0.2) is 18.7 Å². The number of carbonyl (C=O) groups is 1. The van der Waals surface area contributed by atoms with Crippen LogP contribution in [0.3, 0.4) is 0 Å². The first-order chi connectivity index (χ1) is 20.4. The van der Waals surface area contributed by atoms with Gasteiger partial charge in [-0.05, 0) is 47.0 Å². The third-order valence-electron chi connectivity index (χ3n) is 6.64. The van der Waals surface area contributed by atoms with Crippen molar-refractivity contribution < 1.29 is 13.6 Å². The van der Waals surface area contributed by atoms with Gasteiger partial charge in [-0.3, -0.25) is 14.2 Å². The van der Waals surface area contributed by atoms with E-state index in [2.05, 4.69) is 30.6 Å². The number of hydrogen-bond acceptors (Lipinski definition) is 6. The van der Waals surface area contributed by atoms with Crippen molar-refractivity contribution in [3.8, 4) is 11.1 Å². The Hall–Kier alpha value is -5.71. The average molecular weight is 564 g/mol. The van der Waals surface area contributed by atoms with Gasteiger partial charge in [-0.15, -0.1) is 0 Å². The third-order valence-corrected chi connectivity index (χ3v) is 6.64. The molecule has 0 unspecified atom stereocenters. The number of rotatable bonds is 8. The van der Waals surface area contributed by atoms with Crippen LogP contribution in [0.1, 0.15) is 21.5 Å². The van der Waals surface area contributed by atoms with Gasteiger partial charge >= 0.3 is 0 Å². The summed E-state index contributed by atoms with van der Waals surface area (Å²) in [5.74, 6) is -2.13. The summed E-state index contributed by atoms with van der Waals surface area (Å²) in [6.45, 7) is 0.0958. The molecule has 11 heteroatoms. The van der Waals surface area contributed by atoms with E-state index in [9.17, 15) is 18.4 Å². The van der Waals surface area contributed by atoms with Gasteiger partial charge in [0.1, 0.15) is 11.2 Å². The Morgan fingerprint density at radius 3 is 2.62 bits per heavy atom. The summed E-state index contributed by atoms with van der Waals surface area (Å²) >= 11 is 0. The van der Waals surface area contributed by atoms with Crippen LogP contribution in [0.2, 0.25) is 0 Å². The van der Waals surface area contributed by atoms with Crippen molar-refractivity contribution in [3.63, 3.8) is 0 Å². The molecule has 3 heterocycles. The first-order valence-corrected chi connectivity index (χ1v) is 13.0. The van der Waals surface area contributed by atoms with Crippen LogP contribution >= 0.6 is 0 Å². The Balaban J connectivity index is 1.16. The fourth-order valence-corrected chi connectivity index (χ4v) is 4.54. The number of nitrogens with zero attached hydrogens (tertiary/aromatic N) is 4. The molecule has 0 spiro atoms. The molecule has 0 fully saturated rings. The molecule has 9 nitrogen and oxygen atoms in total. The molecule has 0 saturated carbocycles. The molecular weight excluding hydrogens is 540 g/mol. The maximum atomic E-state index is 13.6. The number of carbonyl (C=O) groups excluding carboxylic acids is 1. The van der Waals surface area contributed by atoms with Gasteiger partial charge in [0, 0.05) is 41.8 Å². The third kappa shape index (κ3) is 5.61. The Kier molecular flexibility index (Phi) is 7.21. The van der Waals surface area contributed by atoms with Crippen LogP contribution in [0.25, 0.3) is 22.2 Å². The van der Waals surface area contributed by atoms with Gasteiger partial charge in [0.2, 0.25) is 5.95 Å². The molecule has 3 aromatic heterocycles. The van der Waals surface area contributed by atoms with E-state index in [1.54, 1.807) is 6.20 Å². The fraction of sp³-hybridized carbons (Fsp3) is 0.0645. The Labute approximate surface area is 237 Å². The van der Waals surface area contributed by atoms with Crippen LogP contribution in [0, 0.1) is 11.6 Å². The van der Waals surface area contributed by atoms with Crippen molar-refractivity contribution in [2.75, 3.05) is 5.32 Å². The van der Waals surface area contributed by atoms with E-state index in [4.69, 9.17) is 0 Å². The maximum absolute atomic E-state index is 13.6. The predicted molar refractivity (Wildman–Crippen MR) is 154 cm³/mol. The normalized spacial score (nSPS) is 11.0. The molecule has 0 atom stereocenters. The number of halogens is 2. The summed E-state index contributed by atoms with van der Waals surface area (Å²) in [6.07, 6.45) is 6.04. The highest BCUT2D eigenvalue weighted by Gasteiger charge is 2.15. The molecule has 208 valence electrons. The predicted octanol–water partition coefficient (Wildman–Crippen LogP) is 5.18. The number of aromatic amines is 1. The number of H-pyrrole nitrogens is 1. The van der Waals surface area contributed by atoms with Gasteiger partial charge in [0.25, 0.3) is 11.5 Å². The summed E-state index contributed by atoms with van der Waals surface area (Å²) in [6, 6.07) is 20.6. The molecule has 0 aliphatic heterocycles. The molecule has 0 radical (unpaired) electrons. The van der Waals surface area contributed by atoms with E-state index in [-0.39, 0.29) is 18.7 Å². The zero-order chi connectivity index (χ0) is 29.1. The topological polar surface area (TPSA) is 118 Å². The van der Waals surface area contributed by atoms with Crippen molar-refractivity contribution in [2.24, 2.45) is 0 Å². The van der Waals surface area contributed by atoms with Crippen LogP contribution in [0.15, 0.2) is 103 Å². The molecule has 0 saturated heterocycles. The van der Waals surface area contributed by atoms with Gasteiger partial charge in [-0.2, -0.15) is 4.98 Å². The summed E-state index contributed by atoms with van der Waals surface area (Å²) in [4.78, 5) is 42.0.